The molecule has 1 heterocycles. The summed E-state index contributed by atoms with van der Waals surface area (Å²) in [5.74, 6) is 0.595. The molecular formula is C25H23FN4OS. The Bertz CT molecular complexity index is 1180. The van der Waals surface area contributed by atoms with Crippen LogP contribution < -0.4 is 0 Å². The van der Waals surface area contributed by atoms with Gasteiger partial charge in [0.25, 0.3) is 0 Å². The molecule has 7 heteroatoms. The number of hydrogen-bond acceptors (Lipinski definition) is 4. The Morgan fingerprint density at radius 3 is 2.38 bits per heavy atom. The van der Waals surface area contributed by atoms with Crippen molar-refractivity contribution in [1.29, 1.82) is 0 Å². The van der Waals surface area contributed by atoms with Crippen LogP contribution in [0, 0.1) is 5.82 Å². The van der Waals surface area contributed by atoms with E-state index in [-0.39, 0.29) is 17.5 Å². The average molecular weight is 447 g/mol. The molecule has 0 aliphatic carbocycles. The van der Waals surface area contributed by atoms with E-state index in [0.29, 0.717) is 18.2 Å². The van der Waals surface area contributed by atoms with Crippen LogP contribution in [0.25, 0.3) is 17.1 Å². The molecule has 0 N–H and O–H groups in total. The summed E-state index contributed by atoms with van der Waals surface area (Å²) in [7, 11) is 0. The first-order valence-corrected chi connectivity index (χ1v) is 11.4. The van der Waals surface area contributed by atoms with Gasteiger partial charge in [-0.25, -0.2) is 4.39 Å². The molecule has 0 bridgehead atoms. The molecule has 4 aromatic rings. The normalized spacial score (nSPS) is 10.8. The van der Waals surface area contributed by atoms with Crippen molar-refractivity contribution in [2.75, 3.05) is 12.3 Å². The van der Waals surface area contributed by atoms with Gasteiger partial charge in [0.05, 0.1) is 5.75 Å². The fourth-order valence-corrected chi connectivity index (χ4v) is 4.25. The lowest BCUT2D eigenvalue weighted by Gasteiger charge is -2.21. The number of aromatic nitrogens is 3. The monoisotopic (exact) mass is 446 g/mol. The van der Waals surface area contributed by atoms with Gasteiger partial charge >= 0.3 is 0 Å². The third-order valence-electron chi connectivity index (χ3n) is 5.00. The number of hydrogen-bond donors (Lipinski definition) is 0. The smallest absolute Gasteiger partial charge is 0.233 e. The fourth-order valence-electron chi connectivity index (χ4n) is 3.40. The standard InChI is InChI=1S/C25H23FN4OS/c1-2-29(17-19-10-9-13-21(26)16-19)23(31)18-32-25-28-27-24(20-11-5-3-6-12-20)30(25)22-14-7-4-8-15-22/h3-16H,2,17-18H2,1H3. The van der Waals surface area contributed by atoms with Gasteiger partial charge in [0.15, 0.2) is 11.0 Å². The van der Waals surface area contributed by atoms with Crippen molar-refractivity contribution in [1.82, 2.24) is 19.7 Å². The summed E-state index contributed by atoms with van der Waals surface area (Å²) in [5.41, 5.74) is 2.64. The topological polar surface area (TPSA) is 51.0 Å². The van der Waals surface area contributed by atoms with Gasteiger partial charge in [-0.3, -0.25) is 9.36 Å². The fraction of sp³-hybridized carbons (Fsp3) is 0.160. The van der Waals surface area contributed by atoms with E-state index in [4.69, 9.17) is 0 Å². The zero-order valence-electron chi connectivity index (χ0n) is 17.7. The van der Waals surface area contributed by atoms with E-state index in [1.807, 2.05) is 78.2 Å². The Labute approximate surface area is 190 Å². The number of rotatable bonds is 8. The maximum Gasteiger partial charge on any atom is 0.233 e. The molecule has 0 spiro atoms. The second-order valence-electron chi connectivity index (χ2n) is 7.17. The number of amides is 1. The largest absolute Gasteiger partial charge is 0.338 e. The molecule has 0 aliphatic heterocycles. The quantitative estimate of drug-likeness (QED) is 0.349. The molecule has 0 radical (unpaired) electrons. The highest BCUT2D eigenvalue weighted by Gasteiger charge is 2.19. The molecular weight excluding hydrogens is 423 g/mol. The maximum atomic E-state index is 13.5. The first kappa shape index (κ1) is 21.8. The van der Waals surface area contributed by atoms with Crippen LogP contribution in [0.2, 0.25) is 0 Å². The predicted octanol–water partition coefficient (Wildman–Crippen LogP) is 5.21. The molecule has 3 aromatic carbocycles. The van der Waals surface area contributed by atoms with Gasteiger partial charge in [0.1, 0.15) is 5.82 Å². The zero-order valence-corrected chi connectivity index (χ0v) is 18.5. The van der Waals surface area contributed by atoms with Crippen LogP contribution in [-0.2, 0) is 11.3 Å². The van der Waals surface area contributed by atoms with Crippen LogP contribution in [0.4, 0.5) is 4.39 Å². The highest BCUT2D eigenvalue weighted by atomic mass is 32.2. The van der Waals surface area contributed by atoms with Gasteiger partial charge in [-0.1, -0.05) is 72.4 Å². The predicted molar refractivity (Wildman–Crippen MR) is 125 cm³/mol. The molecule has 0 saturated carbocycles. The van der Waals surface area contributed by atoms with Crippen molar-refractivity contribution in [3.05, 3.63) is 96.3 Å². The average Bonchev–Trinajstić information content (AvgIpc) is 3.26. The highest BCUT2D eigenvalue weighted by Crippen LogP contribution is 2.28. The molecule has 4 rings (SSSR count). The molecule has 0 atom stereocenters. The summed E-state index contributed by atoms with van der Waals surface area (Å²) >= 11 is 1.35. The molecule has 0 unspecified atom stereocenters. The van der Waals surface area contributed by atoms with Crippen molar-refractivity contribution in [2.45, 2.75) is 18.6 Å². The van der Waals surface area contributed by atoms with E-state index >= 15 is 0 Å². The Balaban J connectivity index is 1.55. The third-order valence-corrected chi connectivity index (χ3v) is 5.92. The van der Waals surface area contributed by atoms with Gasteiger partial charge < -0.3 is 4.90 Å². The minimum Gasteiger partial charge on any atom is -0.338 e. The van der Waals surface area contributed by atoms with Gasteiger partial charge in [-0.05, 0) is 36.8 Å². The lowest BCUT2D eigenvalue weighted by atomic mass is 10.2. The van der Waals surface area contributed by atoms with E-state index in [1.54, 1.807) is 11.0 Å². The first-order valence-electron chi connectivity index (χ1n) is 10.4. The Morgan fingerprint density at radius 1 is 0.969 bits per heavy atom. The van der Waals surface area contributed by atoms with Crippen LogP contribution in [0.5, 0.6) is 0 Å². The number of thioether (sulfide) groups is 1. The SMILES string of the molecule is CCN(Cc1cccc(F)c1)C(=O)CSc1nnc(-c2ccccc2)n1-c1ccccc1. The minimum absolute atomic E-state index is 0.0364. The van der Waals surface area contributed by atoms with E-state index < -0.39 is 0 Å². The lowest BCUT2D eigenvalue weighted by Crippen LogP contribution is -2.31. The molecule has 0 fully saturated rings. The van der Waals surface area contributed by atoms with Crippen molar-refractivity contribution in [3.63, 3.8) is 0 Å². The summed E-state index contributed by atoms with van der Waals surface area (Å²) in [5, 5.41) is 9.43. The molecule has 0 saturated heterocycles. The molecule has 162 valence electrons. The molecule has 32 heavy (non-hydrogen) atoms. The van der Waals surface area contributed by atoms with Crippen molar-refractivity contribution in [3.8, 4) is 17.1 Å². The van der Waals surface area contributed by atoms with Crippen LogP contribution in [0.1, 0.15) is 12.5 Å². The summed E-state index contributed by atoms with van der Waals surface area (Å²) in [6.45, 7) is 2.83. The minimum atomic E-state index is -0.301. The molecule has 5 nitrogen and oxygen atoms in total. The van der Waals surface area contributed by atoms with Gasteiger partial charge in [0.2, 0.25) is 5.91 Å². The third kappa shape index (κ3) is 5.06. The summed E-state index contributed by atoms with van der Waals surface area (Å²) in [4.78, 5) is 14.6. The van der Waals surface area contributed by atoms with Crippen molar-refractivity contribution < 1.29 is 9.18 Å². The summed E-state index contributed by atoms with van der Waals surface area (Å²) in [6.07, 6.45) is 0. The van der Waals surface area contributed by atoms with Crippen LogP contribution >= 0.6 is 11.8 Å². The van der Waals surface area contributed by atoms with Crippen LogP contribution in [-0.4, -0.2) is 37.9 Å². The van der Waals surface area contributed by atoms with Crippen LogP contribution in [0.15, 0.2) is 90.1 Å². The van der Waals surface area contributed by atoms with Crippen LogP contribution in [0.3, 0.4) is 0 Å². The van der Waals surface area contributed by atoms with Gasteiger partial charge in [-0.15, -0.1) is 10.2 Å². The number of carbonyl (C=O) groups excluding carboxylic acids is 1. The number of para-hydroxylation sites is 1. The highest BCUT2D eigenvalue weighted by molar-refractivity contribution is 7.99. The van der Waals surface area contributed by atoms with Gasteiger partial charge in [-0.2, -0.15) is 0 Å². The van der Waals surface area contributed by atoms with E-state index in [2.05, 4.69) is 10.2 Å². The molecule has 1 aromatic heterocycles. The summed E-state index contributed by atoms with van der Waals surface area (Å²) < 4.78 is 15.5. The second kappa shape index (κ2) is 10.2. The second-order valence-corrected chi connectivity index (χ2v) is 8.11. The van der Waals surface area contributed by atoms with E-state index in [9.17, 15) is 9.18 Å². The van der Waals surface area contributed by atoms with E-state index in [0.717, 1.165) is 22.6 Å². The Kier molecular flexibility index (Phi) is 6.97. The Morgan fingerprint density at radius 2 is 1.69 bits per heavy atom. The number of carbonyl (C=O) groups is 1. The van der Waals surface area contributed by atoms with Gasteiger partial charge in [0, 0.05) is 24.3 Å². The zero-order chi connectivity index (χ0) is 22.3. The number of nitrogens with zero attached hydrogens (tertiary/aromatic N) is 4. The van der Waals surface area contributed by atoms with Crippen molar-refractivity contribution in [2.24, 2.45) is 0 Å². The Hall–Kier alpha value is -3.45. The van der Waals surface area contributed by atoms with Crippen molar-refractivity contribution >= 4 is 17.7 Å². The number of benzene rings is 3. The molecule has 0 aliphatic rings. The van der Waals surface area contributed by atoms with E-state index in [1.165, 1.54) is 23.9 Å². The summed E-state index contributed by atoms with van der Waals surface area (Å²) in [6, 6.07) is 26.0. The number of halogens is 1. The lowest BCUT2D eigenvalue weighted by molar-refractivity contribution is -0.128. The maximum absolute atomic E-state index is 13.5. The molecule has 1 amide bonds. The first-order chi connectivity index (χ1) is 15.7.